The molecule has 20 heavy (non-hydrogen) atoms. The number of rotatable bonds is 5. The molecule has 104 valence electrons. The fourth-order valence-electron chi connectivity index (χ4n) is 1.78. The molecule has 3 rings (SSSR count). The van der Waals surface area contributed by atoms with E-state index in [0.29, 0.717) is 17.4 Å². The van der Waals surface area contributed by atoms with E-state index in [1.54, 1.807) is 31.5 Å². The van der Waals surface area contributed by atoms with Gasteiger partial charge in [-0.2, -0.15) is 0 Å². The lowest BCUT2D eigenvalue weighted by atomic mass is 10.2. The Labute approximate surface area is 117 Å². The maximum absolute atomic E-state index is 13.4. The van der Waals surface area contributed by atoms with Gasteiger partial charge in [-0.25, -0.2) is 14.4 Å². The number of aryl methyl sites for hydroxylation is 1. The van der Waals surface area contributed by atoms with Crippen LogP contribution in [-0.4, -0.2) is 16.0 Å². The summed E-state index contributed by atoms with van der Waals surface area (Å²) in [6.45, 7) is 2.47. The summed E-state index contributed by atoms with van der Waals surface area (Å²) in [5.41, 5.74) is 1.60. The number of hydrogen-bond acceptors (Lipinski definition) is 4. The van der Waals surface area contributed by atoms with Crippen molar-refractivity contribution in [1.29, 1.82) is 0 Å². The van der Waals surface area contributed by atoms with Crippen LogP contribution in [0, 0.1) is 12.7 Å². The van der Waals surface area contributed by atoms with Crippen LogP contribution in [0.1, 0.15) is 24.0 Å². The fourth-order valence-corrected chi connectivity index (χ4v) is 1.78. The summed E-state index contributed by atoms with van der Waals surface area (Å²) < 4.78 is 18.8. The predicted octanol–water partition coefficient (Wildman–Crippen LogP) is 2.97. The maximum atomic E-state index is 13.4. The van der Waals surface area contributed by atoms with Crippen LogP contribution in [0.2, 0.25) is 0 Å². The molecule has 0 radical (unpaired) electrons. The minimum Gasteiger partial charge on any atom is -0.424 e. The first kappa shape index (κ1) is 13.0. The minimum absolute atomic E-state index is 0.225. The van der Waals surface area contributed by atoms with Gasteiger partial charge in [0.05, 0.1) is 0 Å². The van der Waals surface area contributed by atoms with Gasteiger partial charge < -0.3 is 10.1 Å². The molecule has 0 atom stereocenters. The van der Waals surface area contributed by atoms with Crippen molar-refractivity contribution in [2.24, 2.45) is 0 Å². The lowest BCUT2D eigenvalue weighted by Crippen LogP contribution is -2.15. The third-order valence-corrected chi connectivity index (χ3v) is 3.21. The van der Waals surface area contributed by atoms with Crippen LogP contribution in [0.5, 0.6) is 11.8 Å². The predicted molar refractivity (Wildman–Crippen MR) is 73.1 cm³/mol. The number of halogens is 1. The highest BCUT2D eigenvalue weighted by atomic mass is 19.1. The van der Waals surface area contributed by atoms with Crippen molar-refractivity contribution in [3.63, 3.8) is 0 Å². The van der Waals surface area contributed by atoms with Crippen molar-refractivity contribution in [3.8, 4) is 11.8 Å². The van der Waals surface area contributed by atoms with Gasteiger partial charge in [0.1, 0.15) is 11.6 Å². The van der Waals surface area contributed by atoms with Gasteiger partial charge >= 0.3 is 6.01 Å². The molecule has 0 unspecified atom stereocenters. The van der Waals surface area contributed by atoms with Crippen molar-refractivity contribution in [2.45, 2.75) is 32.4 Å². The van der Waals surface area contributed by atoms with Crippen molar-refractivity contribution < 1.29 is 9.13 Å². The number of nitrogens with zero attached hydrogens (tertiary/aromatic N) is 2. The molecule has 1 aliphatic carbocycles. The molecule has 0 aliphatic heterocycles. The fraction of sp³-hybridized carbons (Fsp3) is 0.333. The Morgan fingerprint density at radius 2 is 2.05 bits per heavy atom. The summed E-state index contributed by atoms with van der Waals surface area (Å²) in [7, 11) is 0. The van der Waals surface area contributed by atoms with Crippen LogP contribution in [0.4, 0.5) is 4.39 Å². The summed E-state index contributed by atoms with van der Waals surface area (Å²) in [5.74, 6) is 0.102. The van der Waals surface area contributed by atoms with E-state index in [2.05, 4.69) is 15.3 Å². The quantitative estimate of drug-likeness (QED) is 0.909. The monoisotopic (exact) mass is 273 g/mol. The highest BCUT2D eigenvalue weighted by molar-refractivity contribution is 5.29. The topological polar surface area (TPSA) is 47.0 Å². The molecule has 1 aromatic heterocycles. The number of benzene rings is 1. The van der Waals surface area contributed by atoms with Crippen LogP contribution in [0.3, 0.4) is 0 Å². The lowest BCUT2D eigenvalue weighted by molar-refractivity contribution is 0.436. The Hall–Kier alpha value is -2.01. The molecule has 0 bridgehead atoms. The van der Waals surface area contributed by atoms with Gasteiger partial charge in [0.15, 0.2) is 0 Å². The van der Waals surface area contributed by atoms with Gasteiger partial charge in [-0.05, 0) is 31.4 Å². The normalized spacial score (nSPS) is 14.3. The SMILES string of the molecule is Cc1ccc(Oc2ncc(CNC3CC3)cn2)cc1F. The van der Waals surface area contributed by atoms with Crippen LogP contribution >= 0.6 is 0 Å². The first-order valence-corrected chi connectivity index (χ1v) is 6.69. The first-order chi connectivity index (χ1) is 9.70. The number of ether oxygens (including phenoxy) is 1. The summed E-state index contributed by atoms with van der Waals surface area (Å²) in [5, 5.41) is 3.39. The van der Waals surface area contributed by atoms with Crippen LogP contribution in [-0.2, 0) is 6.54 Å². The first-order valence-electron chi connectivity index (χ1n) is 6.69. The molecular weight excluding hydrogens is 257 g/mol. The van der Waals surface area contributed by atoms with Crippen LogP contribution in [0.25, 0.3) is 0 Å². The van der Waals surface area contributed by atoms with E-state index >= 15 is 0 Å². The molecule has 0 saturated heterocycles. The third-order valence-electron chi connectivity index (χ3n) is 3.21. The highest BCUT2D eigenvalue weighted by Crippen LogP contribution is 2.21. The average Bonchev–Trinajstić information content (AvgIpc) is 3.26. The molecule has 0 amide bonds. The molecule has 1 aliphatic rings. The standard InChI is InChI=1S/C15H16FN3O/c1-10-2-5-13(6-14(10)16)20-15-18-8-11(9-19-15)7-17-12-3-4-12/h2,5-6,8-9,12,17H,3-4,7H2,1H3. The Bertz CT molecular complexity index is 597. The molecule has 4 nitrogen and oxygen atoms in total. The van der Waals surface area contributed by atoms with Crippen LogP contribution < -0.4 is 10.1 Å². The Morgan fingerprint density at radius 1 is 1.30 bits per heavy atom. The van der Waals surface area contributed by atoms with E-state index in [1.165, 1.54) is 18.9 Å². The molecule has 1 saturated carbocycles. The van der Waals surface area contributed by atoms with Crippen molar-refractivity contribution >= 4 is 0 Å². The smallest absolute Gasteiger partial charge is 0.321 e. The number of aromatic nitrogens is 2. The van der Waals surface area contributed by atoms with E-state index in [-0.39, 0.29) is 11.8 Å². The zero-order valence-electron chi connectivity index (χ0n) is 11.3. The second kappa shape index (κ2) is 5.54. The van der Waals surface area contributed by atoms with Gasteiger partial charge in [-0.15, -0.1) is 0 Å². The van der Waals surface area contributed by atoms with Gasteiger partial charge in [-0.1, -0.05) is 6.07 Å². The van der Waals surface area contributed by atoms with E-state index in [4.69, 9.17) is 4.74 Å². The molecule has 5 heteroatoms. The maximum Gasteiger partial charge on any atom is 0.321 e. The van der Waals surface area contributed by atoms with E-state index in [0.717, 1.165) is 12.1 Å². The van der Waals surface area contributed by atoms with Crippen molar-refractivity contribution in [3.05, 3.63) is 47.5 Å². The zero-order valence-corrected chi connectivity index (χ0v) is 11.3. The third kappa shape index (κ3) is 3.30. The molecule has 0 spiro atoms. The second-order valence-corrected chi connectivity index (χ2v) is 5.04. The van der Waals surface area contributed by atoms with Gasteiger partial charge in [0, 0.05) is 36.6 Å². The lowest BCUT2D eigenvalue weighted by Gasteiger charge is -2.06. The minimum atomic E-state index is -0.298. The largest absolute Gasteiger partial charge is 0.424 e. The Morgan fingerprint density at radius 3 is 2.70 bits per heavy atom. The Kier molecular flexibility index (Phi) is 3.60. The number of hydrogen-bond donors (Lipinski definition) is 1. The average molecular weight is 273 g/mol. The highest BCUT2D eigenvalue weighted by Gasteiger charge is 2.19. The zero-order chi connectivity index (χ0) is 13.9. The molecule has 1 fully saturated rings. The van der Waals surface area contributed by atoms with Gasteiger partial charge in [0.25, 0.3) is 0 Å². The van der Waals surface area contributed by atoms with E-state index in [9.17, 15) is 4.39 Å². The van der Waals surface area contributed by atoms with Gasteiger partial charge in [-0.3, -0.25) is 0 Å². The summed E-state index contributed by atoms with van der Waals surface area (Å²) in [6, 6.07) is 5.58. The number of nitrogens with one attached hydrogen (secondary N) is 1. The van der Waals surface area contributed by atoms with Gasteiger partial charge in [0.2, 0.25) is 0 Å². The van der Waals surface area contributed by atoms with Crippen molar-refractivity contribution in [2.75, 3.05) is 0 Å². The Balaban J connectivity index is 1.62. The summed E-state index contributed by atoms with van der Waals surface area (Å²) >= 11 is 0. The van der Waals surface area contributed by atoms with Crippen LogP contribution in [0.15, 0.2) is 30.6 Å². The molecular formula is C15H16FN3O. The molecule has 2 aromatic rings. The van der Waals surface area contributed by atoms with E-state index in [1.807, 2.05) is 0 Å². The van der Waals surface area contributed by atoms with E-state index < -0.39 is 0 Å². The molecule has 1 N–H and O–H groups in total. The second-order valence-electron chi connectivity index (χ2n) is 5.04. The molecule has 1 aromatic carbocycles. The summed E-state index contributed by atoms with van der Waals surface area (Å²) in [4.78, 5) is 8.26. The molecule has 1 heterocycles. The van der Waals surface area contributed by atoms with Crippen molar-refractivity contribution in [1.82, 2.24) is 15.3 Å². The summed E-state index contributed by atoms with van der Waals surface area (Å²) in [6.07, 6.45) is 5.95.